The second-order valence-electron chi connectivity index (χ2n) is 9.18. The first-order valence-corrected chi connectivity index (χ1v) is 12.4. The maximum Gasteiger partial charge on any atom is 0.120 e. The van der Waals surface area contributed by atoms with Crippen molar-refractivity contribution in [3.8, 4) is 39.5 Å². The second kappa shape index (κ2) is 11.7. The van der Waals surface area contributed by atoms with Gasteiger partial charge in [0.2, 0.25) is 0 Å². The van der Waals surface area contributed by atoms with E-state index < -0.39 is 0 Å². The monoisotopic (exact) mass is 503 g/mol. The molecule has 4 aromatic carbocycles. The van der Waals surface area contributed by atoms with Crippen LogP contribution in [0, 0.1) is 6.92 Å². The molecule has 36 heavy (non-hydrogen) atoms. The van der Waals surface area contributed by atoms with Crippen LogP contribution in [0.1, 0.15) is 18.4 Å². The molecule has 5 heteroatoms. The normalized spacial score (nSPS) is 13.4. The molecule has 4 aromatic rings. The fourth-order valence-corrected chi connectivity index (χ4v) is 5.00. The highest BCUT2D eigenvalue weighted by atomic mass is 35.5. The third kappa shape index (κ3) is 5.45. The van der Waals surface area contributed by atoms with Crippen molar-refractivity contribution in [1.82, 2.24) is 4.90 Å². The van der Waals surface area contributed by atoms with Gasteiger partial charge in [0, 0.05) is 6.54 Å². The van der Waals surface area contributed by atoms with Crippen LogP contribution in [0.2, 0.25) is 0 Å². The zero-order valence-electron chi connectivity index (χ0n) is 21.3. The molecule has 1 fully saturated rings. The van der Waals surface area contributed by atoms with Gasteiger partial charge in [0.25, 0.3) is 0 Å². The number of likely N-dealkylation sites (tertiary alicyclic amines) is 1. The van der Waals surface area contributed by atoms with E-state index >= 15 is 0 Å². The summed E-state index contributed by atoms with van der Waals surface area (Å²) in [6.07, 6.45) is 2.60. The molecule has 0 N–H and O–H groups in total. The zero-order chi connectivity index (χ0) is 24.2. The number of benzene rings is 4. The Hall–Kier alpha value is -3.21. The Bertz CT molecular complexity index is 1310. The van der Waals surface area contributed by atoms with Gasteiger partial charge in [-0.1, -0.05) is 36.4 Å². The highest BCUT2D eigenvalue weighted by Gasteiger charge is 2.16. The lowest BCUT2D eigenvalue weighted by Gasteiger charge is -2.19. The van der Waals surface area contributed by atoms with E-state index in [1.165, 1.54) is 53.6 Å². The molecular formula is C31H34ClNO3. The molecule has 0 spiro atoms. The third-order valence-electron chi connectivity index (χ3n) is 6.98. The van der Waals surface area contributed by atoms with Crippen molar-refractivity contribution in [2.75, 3.05) is 40.5 Å². The van der Waals surface area contributed by atoms with Gasteiger partial charge in [0.1, 0.15) is 23.9 Å². The molecule has 188 valence electrons. The summed E-state index contributed by atoms with van der Waals surface area (Å²) in [6, 6.07) is 25.4. The number of hydrogen-bond acceptors (Lipinski definition) is 4. The molecule has 5 rings (SSSR count). The summed E-state index contributed by atoms with van der Waals surface area (Å²) >= 11 is 0. The minimum atomic E-state index is 0. The second-order valence-corrected chi connectivity index (χ2v) is 9.18. The van der Waals surface area contributed by atoms with Crippen molar-refractivity contribution in [2.45, 2.75) is 19.8 Å². The number of rotatable bonds is 8. The first-order valence-electron chi connectivity index (χ1n) is 12.4. The number of ether oxygens (including phenoxy) is 3. The van der Waals surface area contributed by atoms with Gasteiger partial charge in [0.05, 0.1) is 14.2 Å². The van der Waals surface area contributed by atoms with Gasteiger partial charge >= 0.3 is 0 Å². The molecular weight excluding hydrogens is 470 g/mol. The average Bonchev–Trinajstić information content (AvgIpc) is 3.42. The molecule has 0 saturated carbocycles. The molecule has 0 radical (unpaired) electrons. The Morgan fingerprint density at radius 1 is 0.722 bits per heavy atom. The molecule has 1 heterocycles. The minimum Gasteiger partial charge on any atom is -0.497 e. The van der Waals surface area contributed by atoms with Gasteiger partial charge in [-0.25, -0.2) is 0 Å². The molecule has 0 bridgehead atoms. The van der Waals surface area contributed by atoms with Crippen LogP contribution in [0.15, 0.2) is 72.8 Å². The van der Waals surface area contributed by atoms with Crippen molar-refractivity contribution in [3.05, 3.63) is 78.4 Å². The quantitative estimate of drug-likeness (QED) is 0.251. The van der Waals surface area contributed by atoms with E-state index in [1.807, 2.05) is 18.2 Å². The van der Waals surface area contributed by atoms with Gasteiger partial charge < -0.3 is 14.2 Å². The van der Waals surface area contributed by atoms with E-state index in [1.54, 1.807) is 14.2 Å². The fourth-order valence-electron chi connectivity index (χ4n) is 5.00. The Morgan fingerprint density at radius 2 is 1.42 bits per heavy atom. The summed E-state index contributed by atoms with van der Waals surface area (Å²) in [5, 5.41) is 2.34. The largest absolute Gasteiger partial charge is 0.497 e. The molecule has 0 atom stereocenters. The van der Waals surface area contributed by atoms with Crippen molar-refractivity contribution in [1.29, 1.82) is 0 Å². The van der Waals surface area contributed by atoms with Gasteiger partial charge in [-0.15, -0.1) is 12.4 Å². The van der Waals surface area contributed by atoms with E-state index in [0.29, 0.717) is 6.61 Å². The van der Waals surface area contributed by atoms with Crippen LogP contribution in [-0.4, -0.2) is 45.4 Å². The molecule has 0 aromatic heterocycles. The van der Waals surface area contributed by atoms with Gasteiger partial charge in [0.15, 0.2) is 0 Å². The van der Waals surface area contributed by atoms with Crippen molar-refractivity contribution < 1.29 is 14.2 Å². The van der Waals surface area contributed by atoms with Crippen LogP contribution < -0.4 is 14.2 Å². The molecule has 0 aliphatic carbocycles. The molecule has 0 amide bonds. The van der Waals surface area contributed by atoms with Crippen LogP contribution >= 0.6 is 12.4 Å². The smallest absolute Gasteiger partial charge is 0.120 e. The summed E-state index contributed by atoms with van der Waals surface area (Å²) in [6.45, 7) is 6.23. The predicted octanol–water partition coefficient (Wildman–Crippen LogP) is 7.40. The summed E-state index contributed by atoms with van der Waals surface area (Å²) in [5.41, 5.74) is 5.94. The lowest BCUT2D eigenvalue weighted by Crippen LogP contribution is -2.25. The molecule has 1 aliphatic rings. The zero-order valence-corrected chi connectivity index (χ0v) is 22.1. The number of aryl methyl sites for hydroxylation is 1. The van der Waals surface area contributed by atoms with E-state index in [-0.39, 0.29) is 12.4 Å². The van der Waals surface area contributed by atoms with Crippen molar-refractivity contribution >= 4 is 23.2 Å². The maximum absolute atomic E-state index is 6.23. The first-order chi connectivity index (χ1) is 17.2. The first kappa shape index (κ1) is 25.9. The molecule has 0 unspecified atom stereocenters. The van der Waals surface area contributed by atoms with E-state index in [4.69, 9.17) is 14.2 Å². The minimum absolute atomic E-state index is 0. The molecule has 4 nitrogen and oxygen atoms in total. The third-order valence-corrected chi connectivity index (χ3v) is 6.98. The summed E-state index contributed by atoms with van der Waals surface area (Å²) < 4.78 is 17.1. The highest BCUT2D eigenvalue weighted by molar-refractivity contribution is 6.05. The highest BCUT2D eigenvalue weighted by Crippen LogP contribution is 2.42. The predicted molar refractivity (Wildman–Crippen MR) is 151 cm³/mol. The lowest BCUT2D eigenvalue weighted by atomic mass is 9.88. The van der Waals surface area contributed by atoms with Crippen molar-refractivity contribution in [2.24, 2.45) is 0 Å². The Kier molecular flexibility index (Phi) is 8.40. The Labute approximate surface area is 220 Å². The number of fused-ring (bicyclic) bond motifs is 1. The van der Waals surface area contributed by atoms with Crippen molar-refractivity contribution in [3.63, 3.8) is 0 Å². The van der Waals surface area contributed by atoms with Crippen LogP contribution in [0.25, 0.3) is 33.0 Å². The fraction of sp³-hybridized carbons (Fsp3) is 0.290. The van der Waals surface area contributed by atoms with Gasteiger partial charge in [-0.2, -0.15) is 0 Å². The number of nitrogens with zero attached hydrogens (tertiary/aromatic N) is 1. The van der Waals surface area contributed by atoms with Gasteiger partial charge in [-0.3, -0.25) is 4.90 Å². The van der Waals surface area contributed by atoms with Gasteiger partial charge in [-0.05, 0) is 108 Å². The molecule has 1 aliphatic heterocycles. The van der Waals surface area contributed by atoms with Crippen LogP contribution in [-0.2, 0) is 0 Å². The Morgan fingerprint density at radius 3 is 2.14 bits per heavy atom. The summed E-state index contributed by atoms with van der Waals surface area (Å²) in [5.74, 6) is 2.62. The maximum atomic E-state index is 6.23. The summed E-state index contributed by atoms with van der Waals surface area (Å²) in [7, 11) is 3.41. The number of halogens is 1. The van der Waals surface area contributed by atoms with E-state index in [9.17, 15) is 0 Å². The standard InChI is InChI=1S/C31H33NO3.ClH/c1-22-6-10-27(35-19-18-32-16-4-5-17-32)21-30(22)31-28(23-7-11-25(33-2)12-8-23)14-9-24-20-26(34-3)13-15-29(24)31;/h6-15,20-21H,4-5,16-19H2,1-3H3;1H. The van der Waals surface area contributed by atoms with E-state index in [0.717, 1.165) is 34.7 Å². The summed E-state index contributed by atoms with van der Waals surface area (Å²) in [4.78, 5) is 2.48. The lowest BCUT2D eigenvalue weighted by molar-refractivity contribution is 0.238. The van der Waals surface area contributed by atoms with Crippen LogP contribution in [0.3, 0.4) is 0 Å². The molecule has 1 saturated heterocycles. The number of methoxy groups -OCH3 is 2. The number of hydrogen-bond donors (Lipinski definition) is 0. The SMILES string of the molecule is COc1ccc(-c2ccc3cc(OC)ccc3c2-c2cc(OCCN3CCCC3)ccc2C)cc1.Cl. The van der Waals surface area contributed by atoms with E-state index in [2.05, 4.69) is 66.4 Å². The Balaban J connectivity index is 0.00000304. The van der Waals surface area contributed by atoms with Crippen LogP contribution in [0.4, 0.5) is 0 Å². The topological polar surface area (TPSA) is 30.9 Å². The average molecular weight is 504 g/mol. The van der Waals surface area contributed by atoms with Crippen LogP contribution in [0.5, 0.6) is 17.2 Å².